The van der Waals surface area contributed by atoms with Crippen LogP contribution in [0.15, 0.2) is 6.20 Å². The molecule has 0 saturated heterocycles. The smallest absolute Gasteiger partial charge is 0.340 e. The zero-order chi connectivity index (χ0) is 11.6. The molecule has 15 heavy (non-hydrogen) atoms. The van der Waals surface area contributed by atoms with Gasteiger partial charge in [0.25, 0.3) is 0 Å². The molecule has 0 aliphatic carbocycles. The SMILES string of the molecule is Cc1c(C(=O)OC(C)C)cnc(N)c1I. The maximum Gasteiger partial charge on any atom is 0.340 e. The van der Waals surface area contributed by atoms with Gasteiger partial charge in [-0.25, -0.2) is 9.78 Å². The first-order valence-corrected chi connectivity index (χ1v) is 5.63. The fraction of sp³-hybridized carbons (Fsp3) is 0.400. The summed E-state index contributed by atoms with van der Waals surface area (Å²) < 4.78 is 5.89. The number of aromatic nitrogens is 1. The predicted octanol–water partition coefficient (Wildman–Crippen LogP) is 2.14. The number of nitrogens with two attached hydrogens (primary N) is 1. The van der Waals surface area contributed by atoms with Gasteiger partial charge in [-0.1, -0.05) is 0 Å². The van der Waals surface area contributed by atoms with Crippen LogP contribution in [0.2, 0.25) is 0 Å². The number of nitrogens with zero attached hydrogens (tertiary/aromatic N) is 1. The summed E-state index contributed by atoms with van der Waals surface area (Å²) in [4.78, 5) is 15.6. The van der Waals surface area contributed by atoms with E-state index in [2.05, 4.69) is 27.6 Å². The van der Waals surface area contributed by atoms with Gasteiger partial charge in [-0.2, -0.15) is 0 Å². The summed E-state index contributed by atoms with van der Waals surface area (Å²) in [6.07, 6.45) is 1.32. The van der Waals surface area contributed by atoms with Gasteiger partial charge in [-0.3, -0.25) is 0 Å². The minimum Gasteiger partial charge on any atom is -0.459 e. The maximum absolute atomic E-state index is 11.6. The normalized spacial score (nSPS) is 10.5. The van der Waals surface area contributed by atoms with Crippen LogP contribution in [-0.4, -0.2) is 17.1 Å². The molecule has 0 bridgehead atoms. The van der Waals surface area contributed by atoms with E-state index in [4.69, 9.17) is 10.5 Å². The third kappa shape index (κ3) is 2.80. The van der Waals surface area contributed by atoms with E-state index < -0.39 is 0 Å². The number of esters is 1. The lowest BCUT2D eigenvalue weighted by Crippen LogP contribution is -2.14. The van der Waals surface area contributed by atoms with Crippen molar-refractivity contribution in [2.24, 2.45) is 0 Å². The number of carbonyl (C=O) groups is 1. The van der Waals surface area contributed by atoms with Crippen molar-refractivity contribution in [1.82, 2.24) is 4.98 Å². The fourth-order valence-electron chi connectivity index (χ4n) is 1.08. The summed E-state index contributed by atoms with van der Waals surface area (Å²) in [7, 11) is 0. The molecule has 0 amide bonds. The number of hydrogen-bond acceptors (Lipinski definition) is 4. The second-order valence-electron chi connectivity index (χ2n) is 3.45. The fourth-order valence-corrected chi connectivity index (χ4v) is 1.51. The van der Waals surface area contributed by atoms with Gasteiger partial charge in [0.2, 0.25) is 0 Å². The Kier molecular flexibility index (Phi) is 3.90. The Morgan fingerprint density at radius 3 is 2.73 bits per heavy atom. The number of nitrogen functional groups attached to an aromatic ring is 1. The largest absolute Gasteiger partial charge is 0.459 e. The monoisotopic (exact) mass is 320 g/mol. The summed E-state index contributed by atoms with van der Waals surface area (Å²) >= 11 is 2.07. The van der Waals surface area contributed by atoms with Crippen LogP contribution in [0.1, 0.15) is 29.8 Å². The molecule has 1 aromatic rings. The van der Waals surface area contributed by atoms with Gasteiger partial charge >= 0.3 is 5.97 Å². The molecule has 2 N–H and O–H groups in total. The second kappa shape index (κ2) is 4.78. The van der Waals surface area contributed by atoms with Gasteiger partial charge in [0.05, 0.1) is 15.2 Å². The molecule has 0 spiro atoms. The third-order valence-corrected chi connectivity index (χ3v) is 3.22. The van der Waals surface area contributed by atoms with Crippen molar-refractivity contribution in [3.8, 4) is 0 Å². The number of ether oxygens (including phenoxy) is 1. The van der Waals surface area contributed by atoms with Gasteiger partial charge in [-0.05, 0) is 48.9 Å². The van der Waals surface area contributed by atoms with Crippen LogP contribution < -0.4 is 5.73 Å². The highest BCUT2D eigenvalue weighted by atomic mass is 127. The molecule has 1 aromatic heterocycles. The molecule has 5 heteroatoms. The number of halogens is 1. The van der Waals surface area contributed by atoms with Gasteiger partial charge < -0.3 is 10.5 Å². The molecule has 4 nitrogen and oxygen atoms in total. The van der Waals surface area contributed by atoms with E-state index >= 15 is 0 Å². The average Bonchev–Trinajstić information content (AvgIpc) is 2.13. The van der Waals surface area contributed by atoms with Gasteiger partial charge in [0.1, 0.15) is 5.82 Å². The first kappa shape index (κ1) is 12.2. The quantitative estimate of drug-likeness (QED) is 0.670. The average molecular weight is 320 g/mol. The number of hydrogen-bond donors (Lipinski definition) is 1. The Labute approximate surface area is 102 Å². The number of rotatable bonds is 2. The Hall–Kier alpha value is -0.850. The zero-order valence-electron chi connectivity index (χ0n) is 8.87. The van der Waals surface area contributed by atoms with Crippen LogP contribution in [0.4, 0.5) is 5.82 Å². The standard InChI is InChI=1S/C10H13IN2O2/c1-5(2)15-10(14)7-4-13-9(12)8(11)6(7)3/h4-5H,1-3H3,(H2,12,13). The van der Waals surface area contributed by atoms with Crippen molar-refractivity contribution >= 4 is 34.4 Å². The van der Waals surface area contributed by atoms with Crippen molar-refractivity contribution in [1.29, 1.82) is 0 Å². The molecule has 0 radical (unpaired) electrons. The van der Waals surface area contributed by atoms with Crippen molar-refractivity contribution in [2.75, 3.05) is 5.73 Å². The lowest BCUT2D eigenvalue weighted by atomic mass is 10.1. The van der Waals surface area contributed by atoms with Crippen LogP contribution in [0.5, 0.6) is 0 Å². The van der Waals surface area contributed by atoms with Crippen molar-refractivity contribution in [2.45, 2.75) is 26.9 Å². The molecule has 0 aromatic carbocycles. The highest BCUT2D eigenvalue weighted by Gasteiger charge is 2.15. The summed E-state index contributed by atoms with van der Waals surface area (Å²) in [6, 6.07) is 0. The maximum atomic E-state index is 11.6. The van der Waals surface area contributed by atoms with Gasteiger partial charge in [-0.15, -0.1) is 0 Å². The first-order chi connectivity index (χ1) is 6.93. The van der Waals surface area contributed by atoms with E-state index in [1.807, 2.05) is 20.8 Å². The van der Waals surface area contributed by atoms with Crippen LogP contribution in [0.25, 0.3) is 0 Å². The van der Waals surface area contributed by atoms with Crippen LogP contribution in [-0.2, 0) is 4.74 Å². The Morgan fingerprint density at radius 1 is 1.60 bits per heavy atom. The predicted molar refractivity (Wildman–Crippen MR) is 66.7 cm³/mol. The molecule has 1 rings (SSSR count). The Morgan fingerprint density at radius 2 is 2.20 bits per heavy atom. The lowest BCUT2D eigenvalue weighted by Gasteiger charge is -2.11. The summed E-state index contributed by atoms with van der Waals surface area (Å²) in [5.41, 5.74) is 6.91. The van der Waals surface area contributed by atoms with E-state index in [1.165, 1.54) is 6.20 Å². The molecule has 0 unspecified atom stereocenters. The number of pyridine rings is 1. The van der Waals surface area contributed by atoms with Gasteiger partial charge in [0.15, 0.2) is 0 Å². The van der Waals surface area contributed by atoms with E-state index in [0.29, 0.717) is 11.4 Å². The van der Waals surface area contributed by atoms with E-state index in [1.54, 1.807) is 0 Å². The van der Waals surface area contributed by atoms with E-state index in [9.17, 15) is 4.79 Å². The van der Waals surface area contributed by atoms with E-state index in [0.717, 1.165) is 9.13 Å². The molecule has 0 aliphatic heterocycles. The number of anilines is 1. The van der Waals surface area contributed by atoms with Crippen LogP contribution in [0.3, 0.4) is 0 Å². The Bertz CT molecular complexity index is 391. The highest BCUT2D eigenvalue weighted by Crippen LogP contribution is 2.20. The molecule has 82 valence electrons. The lowest BCUT2D eigenvalue weighted by molar-refractivity contribution is 0.0376. The summed E-state index contributed by atoms with van der Waals surface area (Å²) in [5, 5.41) is 0. The van der Waals surface area contributed by atoms with Gasteiger partial charge in [0, 0.05) is 6.20 Å². The second-order valence-corrected chi connectivity index (χ2v) is 4.53. The number of carbonyl (C=O) groups excluding carboxylic acids is 1. The molecular formula is C10H13IN2O2. The topological polar surface area (TPSA) is 65.2 Å². The Balaban J connectivity index is 3.06. The highest BCUT2D eigenvalue weighted by molar-refractivity contribution is 14.1. The molecule has 0 aliphatic rings. The molecule has 0 fully saturated rings. The molecule has 0 saturated carbocycles. The van der Waals surface area contributed by atoms with Crippen LogP contribution >= 0.6 is 22.6 Å². The van der Waals surface area contributed by atoms with Crippen molar-refractivity contribution in [3.05, 3.63) is 20.9 Å². The minimum absolute atomic E-state index is 0.132. The summed E-state index contributed by atoms with van der Waals surface area (Å²) in [5.74, 6) is 0.0853. The molecule has 0 atom stereocenters. The van der Waals surface area contributed by atoms with Crippen molar-refractivity contribution < 1.29 is 9.53 Å². The molecular weight excluding hydrogens is 307 g/mol. The zero-order valence-corrected chi connectivity index (χ0v) is 11.0. The first-order valence-electron chi connectivity index (χ1n) is 4.55. The minimum atomic E-state index is -0.354. The van der Waals surface area contributed by atoms with Crippen LogP contribution in [0, 0.1) is 10.5 Å². The summed E-state index contributed by atoms with van der Waals surface area (Å²) in [6.45, 7) is 5.45. The molecule has 1 heterocycles. The third-order valence-electron chi connectivity index (χ3n) is 1.85. The van der Waals surface area contributed by atoms with E-state index in [-0.39, 0.29) is 12.1 Å². The van der Waals surface area contributed by atoms with Crippen molar-refractivity contribution in [3.63, 3.8) is 0 Å².